The second-order valence-corrected chi connectivity index (χ2v) is 16.4. The molecule has 3 rings (SSSR count). The average Bonchev–Trinajstić information content (AvgIpc) is 2.52. The summed E-state index contributed by atoms with van der Waals surface area (Å²) in [6.45, 7) is 7.75. The molecule has 28 heavy (non-hydrogen) atoms. The summed E-state index contributed by atoms with van der Waals surface area (Å²) in [5.41, 5.74) is -0.494. The van der Waals surface area contributed by atoms with Crippen molar-refractivity contribution in [2.24, 2.45) is 0 Å². The van der Waals surface area contributed by atoms with Crippen molar-refractivity contribution in [2.75, 3.05) is 8.46 Å². The number of hydrogen-bond donors (Lipinski definition) is 0. The smallest absolute Gasteiger partial charge is 0.393 e. The number of benzene rings is 2. The third-order valence-electron chi connectivity index (χ3n) is 5.05. The zero-order valence-corrected chi connectivity index (χ0v) is 17.8. The van der Waals surface area contributed by atoms with Gasteiger partial charge in [-0.05, 0) is 62.6 Å². The lowest BCUT2D eigenvalue weighted by molar-refractivity contribution is -0.138. The lowest BCUT2D eigenvalue weighted by Gasteiger charge is -2.69. The van der Waals surface area contributed by atoms with Gasteiger partial charge in [-0.2, -0.15) is 26.3 Å². The highest BCUT2D eigenvalue weighted by atomic mass is 28.5. The van der Waals surface area contributed by atoms with E-state index in [4.69, 9.17) is 0 Å². The maximum absolute atomic E-state index is 13.1. The van der Waals surface area contributed by atoms with E-state index in [-0.39, 0.29) is 0 Å². The van der Waals surface area contributed by atoms with Gasteiger partial charge in [0.2, 0.25) is 16.8 Å². The molecule has 0 N–H and O–H groups in total. The van der Waals surface area contributed by atoms with Crippen molar-refractivity contribution in [2.45, 2.75) is 38.5 Å². The van der Waals surface area contributed by atoms with Crippen molar-refractivity contribution in [1.82, 2.24) is 0 Å². The van der Waals surface area contributed by atoms with Crippen LogP contribution in [0.25, 0.3) is 0 Å². The summed E-state index contributed by atoms with van der Waals surface area (Å²) in [5, 5.41) is 0. The van der Waals surface area contributed by atoms with Gasteiger partial charge in [0.15, 0.2) is 0 Å². The first-order valence-electron chi connectivity index (χ1n) is 8.62. The van der Waals surface area contributed by atoms with Crippen LogP contribution in [-0.2, 0) is 12.4 Å². The summed E-state index contributed by atoms with van der Waals surface area (Å²) < 4.78 is 82.8. The van der Waals surface area contributed by atoms with Crippen molar-refractivity contribution in [3.8, 4) is 0 Å². The van der Waals surface area contributed by atoms with Crippen molar-refractivity contribution in [1.29, 1.82) is 0 Å². The van der Waals surface area contributed by atoms with Gasteiger partial charge in [0, 0.05) is 11.4 Å². The van der Waals surface area contributed by atoms with E-state index in [1.54, 1.807) is 12.1 Å². The van der Waals surface area contributed by atoms with Gasteiger partial charge in [0.05, 0.1) is 11.1 Å². The van der Waals surface area contributed by atoms with E-state index in [0.717, 1.165) is 24.3 Å². The van der Waals surface area contributed by atoms with Crippen LogP contribution in [0, 0.1) is 0 Å². The van der Waals surface area contributed by atoms with E-state index < -0.39 is 40.3 Å². The summed E-state index contributed by atoms with van der Waals surface area (Å²) in [4.78, 5) is 0. The Morgan fingerprint density at radius 3 is 1.21 bits per heavy atom. The van der Waals surface area contributed by atoms with Gasteiger partial charge in [-0.15, -0.1) is 0 Å². The first-order chi connectivity index (χ1) is 12.7. The van der Waals surface area contributed by atoms with E-state index in [1.165, 1.54) is 12.1 Å². The van der Waals surface area contributed by atoms with Crippen molar-refractivity contribution in [3.63, 3.8) is 0 Å². The predicted molar refractivity (Wildman–Crippen MR) is 103 cm³/mol. The van der Waals surface area contributed by atoms with Crippen LogP contribution in [0.3, 0.4) is 0 Å². The molecule has 2 nitrogen and oxygen atoms in total. The second-order valence-electron chi connectivity index (χ2n) is 7.76. The minimum Gasteiger partial charge on any atom is -0.393 e. The molecular formula is C18H20F6N2Si2. The van der Waals surface area contributed by atoms with Crippen molar-refractivity contribution < 1.29 is 26.3 Å². The Hall–Kier alpha value is -1.95. The van der Waals surface area contributed by atoms with Crippen LogP contribution in [0.1, 0.15) is 11.1 Å². The zero-order valence-electron chi connectivity index (χ0n) is 15.8. The van der Waals surface area contributed by atoms with Gasteiger partial charge >= 0.3 is 12.4 Å². The Kier molecular flexibility index (Phi) is 4.66. The molecule has 152 valence electrons. The maximum Gasteiger partial charge on any atom is 0.416 e. The van der Waals surface area contributed by atoms with Gasteiger partial charge in [0.1, 0.15) is 0 Å². The van der Waals surface area contributed by atoms with Crippen molar-refractivity contribution >= 4 is 28.2 Å². The van der Waals surface area contributed by atoms with Gasteiger partial charge in [-0.25, -0.2) is 0 Å². The molecule has 10 heteroatoms. The fourth-order valence-electron chi connectivity index (χ4n) is 4.40. The molecule has 0 atom stereocenters. The number of rotatable bonds is 2. The van der Waals surface area contributed by atoms with Crippen LogP contribution in [0.15, 0.2) is 48.5 Å². The quantitative estimate of drug-likeness (QED) is 0.396. The van der Waals surface area contributed by atoms with Gasteiger partial charge in [0.25, 0.3) is 0 Å². The van der Waals surface area contributed by atoms with Crippen LogP contribution < -0.4 is 8.46 Å². The highest BCUT2D eigenvalue weighted by Crippen LogP contribution is 2.47. The van der Waals surface area contributed by atoms with Gasteiger partial charge in [-0.3, -0.25) is 0 Å². The molecule has 1 fully saturated rings. The molecule has 2 aromatic rings. The lowest BCUT2D eigenvalue weighted by Crippen LogP contribution is -2.91. The molecule has 1 aliphatic heterocycles. The summed E-state index contributed by atoms with van der Waals surface area (Å²) in [6.07, 6.45) is -8.89. The molecule has 1 saturated heterocycles. The summed E-state index contributed by atoms with van der Waals surface area (Å²) in [7, 11) is -4.99. The molecule has 1 aliphatic rings. The van der Waals surface area contributed by atoms with E-state index in [9.17, 15) is 26.3 Å². The normalized spacial score (nSPS) is 18.8. The van der Waals surface area contributed by atoms with E-state index >= 15 is 0 Å². The molecule has 0 aromatic heterocycles. The van der Waals surface area contributed by atoms with E-state index in [2.05, 4.69) is 8.46 Å². The largest absolute Gasteiger partial charge is 0.416 e. The fourth-order valence-corrected chi connectivity index (χ4v) is 19.1. The molecular weight excluding hydrogens is 414 g/mol. The number of alkyl halides is 6. The SMILES string of the molecule is C[Si]1(C)N(c2cccc(C(F)(F)F)c2)[Si](C)(C)N1c1cccc(C(F)(F)F)c1. The number of hydrogen-bond acceptors (Lipinski definition) is 2. The summed E-state index contributed by atoms with van der Waals surface area (Å²) in [6, 6.07) is 10.3. The van der Waals surface area contributed by atoms with Gasteiger partial charge < -0.3 is 8.46 Å². The lowest BCUT2D eigenvalue weighted by atomic mass is 10.2. The van der Waals surface area contributed by atoms with Crippen LogP contribution in [0.2, 0.25) is 26.2 Å². The third-order valence-corrected chi connectivity index (χ3v) is 17.0. The van der Waals surface area contributed by atoms with E-state index in [0.29, 0.717) is 11.4 Å². The highest BCUT2D eigenvalue weighted by Gasteiger charge is 2.62. The Morgan fingerprint density at radius 2 is 0.929 bits per heavy atom. The number of halogens is 6. The minimum absolute atomic E-state index is 0.478. The summed E-state index contributed by atoms with van der Waals surface area (Å²) >= 11 is 0. The topological polar surface area (TPSA) is 6.48 Å². The van der Waals surface area contributed by atoms with Crippen LogP contribution in [0.4, 0.5) is 37.7 Å². The zero-order chi connectivity index (χ0) is 21.1. The van der Waals surface area contributed by atoms with Crippen molar-refractivity contribution in [3.05, 3.63) is 59.7 Å². The van der Waals surface area contributed by atoms with Gasteiger partial charge in [-0.1, -0.05) is 12.1 Å². The predicted octanol–water partition coefficient (Wildman–Crippen LogP) is 6.45. The third kappa shape index (κ3) is 3.32. The van der Waals surface area contributed by atoms with Crippen LogP contribution in [0.5, 0.6) is 0 Å². The summed E-state index contributed by atoms with van der Waals surface area (Å²) in [5.74, 6) is 0. The number of anilines is 2. The first-order valence-corrected chi connectivity index (χ1v) is 14.4. The molecule has 0 bridgehead atoms. The molecule has 1 heterocycles. The molecule has 0 unspecified atom stereocenters. The Morgan fingerprint density at radius 1 is 0.607 bits per heavy atom. The maximum atomic E-state index is 13.1. The molecule has 0 radical (unpaired) electrons. The molecule has 0 amide bonds. The van der Waals surface area contributed by atoms with Crippen LogP contribution in [-0.4, -0.2) is 16.8 Å². The van der Waals surface area contributed by atoms with E-state index in [1.807, 2.05) is 26.2 Å². The number of nitrogens with zero attached hydrogens (tertiary/aromatic N) is 2. The average molecular weight is 435 g/mol. The Labute approximate surface area is 161 Å². The molecule has 0 saturated carbocycles. The first kappa shape index (κ1) is 20.8. The fraction of sp³-hybridized carbons (Fsp3) is 0.333. The second kappa shape index (κ2) is 6.28. The molecule has 0 aliphatic carbocycles. The Balaban J connectivity index is 2.02. The standard InChI is InChI=1S/C18H20F6N2Si2/c1-27(2)25(15-9-5-7-13(11-15)17(19,20)21)28(3,4)26(27)16-10-6-8-14(12-16)18(22,23)24/h5-12H,1-4H3. The monoisotopic (exact) mass is 434 g/mol. The van der Waals surface area contributed by atoms with Crippen LogP contribution >= 0.6 is 0 Å². The molecule has 0 spiro atoms. The Bertz CT molecular complexity index is 807. The minimum atomic E-state index is -4.45. The highest BCUT2D eigenvalue weighted by molar-refractivity contribution is 7.20. The molecule has 2 aromatic carbocycles.